The zero-order valence-electron chi connectivity index (χ0n) is 13.0. The molecule has 0 aliphatic heterocycles. The quantitative estimate of drug-likeness (QED) is 0.802. The zero-order valence-corrected chi connectivity index (χ0v) is 14.6. The Morgan fingerprint density at radius 2 is 1.71 bits per heavy atom. The van der Waals surface area contributed by atoms with Crippen LogP contribution in [0.3, 0.4) is 0 Å². The Hall–Kier alpha value is -1.48. The van der Waals surface area contributed by atoms with Gasteiger partial charge in [0.25, 0.3) is 0 Å². The van der Waals surface area contributed by atoms with Gasteiger partial charge in [0.1, 0.15) is 5.75 Å². The van der Waals surface area contributed by atoms with Crippen molar-refractivity contribution in [3.05, 3.63) is 58.1 Å². The van der Waals surface area contributed by atoms with Gasteiger partial charge in [-0.3, -0.25) is 0 Å². The number of anilines is 1. The van der Waals surface area contributed by atoms with Crippen molar-refractivity contribution in [1.29, 1.82) is 0 Å². The van der Waals surface area contributed by atoms with Gasteiger partial charge in [0, 0.05) is 18.3 Å². The highest BCUT2D eigenvalue weighted by Crippen LogP contribution is 2.28. The summed E-state index contributed by atoms with van der Waals surface area (Å²) in [6.45, 7) is 7.49. The third kappa shape index (κ3) is 4.24. The molecule has 0 heterocycles. The predicted octanol–water partition coefficient (Wildman–Crippen LogP) is 5.37. The molecule has 0 saturated heterocycles. The first-order chi connectivity index (χ1) is 9.90. The Bertz CT molecular complexity index is 600. The highest BCUT2D eigenvalue weighted by molar-refractivity contribution is 9.10. The van der Waals surface area contributed by atoms with Crippen molar-refractivity contribution < 1.29 is 4.74 Å². The normalized spacial score (nSPS) is 11.3. The first-order valence-electron chi connectivity index (χ1n) is 7.07. The maximum absolute atomic E-state index is 5.30. The molecular weight excluding hydrogens is 326 g/mol. The average molecular weight is 348 g/mol. The molecule has 0 saturated carbocycles. The van der Waals surface area contributed by atoms with Gasteiger partial charge in [-0.05, 0) is 44.6 Å². The number of ether oxygens (including phenoxy) is 1. The van der Waals surface area contributed by atoms with Crippen molar-refractivity contribution in [2.75, 3.05) is 12.4 Å². The van der Waals surface area contributed by atoms with Crippen molar-refractivity contribution >= 4 is 21.6 Å². The summed E-state index contributed by atoms with van der Waals surface area (Å²) in [5.74, 6) is 0.836. The Morgan fingerprint density at radius 1 is 1.05 bits per heavy atom. The zero-order chi connectivity index (χ0) is 15.5. The summed E-state index contributed by atoms with van der Waals surface area (Å²) in [7, 11) is 1.68. The highest BCUT2D eigenvalue weighted by atomic mass is 79.9. The van der Waals surface area contributed by atoms with E-state index in [9.17, 15) is 0 Å². The Morgan fingerprint density at radius 3 is 2.29 bits per heavy atom. The first kappa shape index (κ1) is 15.9. The largest absolute Gasteiger partial charge is 0.495 e. The van der Waals surface area contributed by atoms with Crippen LogP contribution in [0.4, 0.5) is 5.69 Å². The maximum Gasteiger partial charge on any atom is 0.135 e. The monoisotopic (exact) mass is 347 g/mol. The molecule has 0 aliphatic carbocycles. The summed E-state index contributed by atoms with van der Waals surface area (Å²) in [6.07, 6.45) is 0. The van der Waals surface area contributed by atoms with Crippen LogP contribution in [0.25, 0.3) is 0 Å². The van der Waals surface area contributed by atoms with Crippen LogP contribution in [0, 0.1) is 0 Å². The Labute approximate surface area is 135 Å². The van der Waals surface area contributed by atoms with Gasteiger partial charge in [-0.25, -0.2) is 0 Å². The molecular formula is C18H22BrNO. The number of hydrogen-bond acceptors (Lipinski definition) is 2. The van der Waals surface area contributed by atoms with E-state index in [0.29, 0.717) is 0 Å². The minimum Gasteiger partial charge on any atom is -0.495 e. The summed E-state index contributed by atoms with van der Waals surface area (Å²) < 4.78 is 6.27. The van der Waals surface area contributed by atoms with Gasteiger partial charge in [0.15, 0.2) is 0 Å². The van der Waals surface area contributed by atoms with Crippen LogP contribution >= 0.6 is 15.9 Å². The molecule has 2 aromatic rings. The fraction of sp³-hybridized carbons (Fsp3) is 0.333. The summed E-state index contributed by atoms with van der Waals surface area (Å²) in [5, 5.41) is 3.42. The topological polar surface area (TPSA) is 21.3 Å². The van der Waals surface area contributed by atoms with E-state index >= 15 is 0 Å². The number of halogens is 1. The van der Waals surface area contributed by atoms with Crippen molar-refractivity contribution in [2.24, 2.45) is 0 Å². The number of rotatable bonds is 4. The molecule has 0 aromatic heterocycles. The lowest BCUT2D eigenvalue weighted by molar-refractivity contribution is 0.412. The highest BCUT2D eigenvalue weighted by Gasteiger charge is 2.12. The molecule has 2 aromatic carbocycles. The van der Waals surface area contributed by atoms with Gasteiger partial charge >= 0.3 is 0 Å². The van der Waals surface area contributed by atoms with Crippen LogP contribution in [0.2, 0.25) is 0 Å². The number of hydrogen-bond donors (Lipinski definition) is 1. The third-order valence-corrected chi connectivity index (χ3v) is 4.12. The van der Waals surface area contributed by atoms with Gasteiger partial charge < -0.3 is 10.1 Å². The molecule has 0 radical (unpaired) electrons. The van der Waals surface area contributed by atoms with Gasteiger partial charge in [-0.2, -0.15) is 0 Å². The second-order valence-electron chi connectivity index (χ2n) is 6.15. The van der Waals surface area contributed by atoms with Gasteiger partial charge in [-0.1, -0.05) is 45.0 Å². The second kappa shape index (κ2) is 6.52. The van der Waals surface area contributed by atoms with Crippen LogP contribution < -0.4 is 10.1 Å². The van der Waals surface area contributed by atoms with Crippen LogP contribution in [0.1, 0.15) is 31.9 Å². The fourth-order valence-corrected chi connectivity index (χ4v) is 2.50. The van der Waals surface area contributed by atoms with Gasteiger partial charge in [0.05, 0.1) is 11.6 Å². The molecule has 0 fully saturated rings. The molecule has 0 aliphatic rings. The van der Waals surface area contributed by atoms with E-state index in [4.69, 9.17) is 4.74 Å². The number of methoxy groups -OCH3 is 1. The second-order valence-corrected chi connectivity index (χ2v) is 7.00. The summed E-state index contributed by atoms with van der Waals surface area (Å²) in [6, 6.07) is 14.8. The minimum absolute atomic E-state index is 0.199. The standard InChI is InChI=1S/C18H22BrNO/c1-18(2,3)14-7-5-13(6-8-14)12-20-15-9-10-16(19)17(11-15)21-4/h5-11,20H,12H2,1-4H3. The van der Waals surface area contributed by atoms with Crippen molar-refractivity contribution in [2.45, 2.75) is 32.7 Å². The lowest BCUT2D eigenvalue weighted by atomic mass is 9.87. The molecule has 2 nitrogen and oxygen atoms in total. The van der Waals surface area contributed by atoms with Crippen LogP contribution in [0.15, 0.2) is 46.9 Å². The van der Waals surface area contributed by atoms with Gasteiger partial charge in [0.2, 0.25) is 0 Å². The molecule has 0 atom stereocenters. The SMILES string of the molecule is COc1cc(NCc2ccc(C(C)(C)C)cc2)ccc1Br. The van der Waals surface area contributed by atoms with E-state index in [1.807, 2.05) is 18.2 Å². The van der Waals surface area contributed by atoms with Crippen LogP contribution in [-0.2, 0) is 12.0 Å². The first-order valence-corrected chi connectivity index (χ1v) is 7.86. The van der Waals surface area contributed by atoms with E-state index < -0.39 is 0 Å². The molecule has 0 amide bonds. The summed E-state index contributed by atoms with van der Waals surface area (Å²) >= 11 is 3.46. The van der Waals surface area contributed by atoms with Gasteiger partial charge in [-0.15, -0.1) is 0 Å². The molecule has 112 valence electrons. The minimum atomic E-state index is 0.199. The fourth-order valence-electron chi connectivity index (χ4n) is 2.10. The maximum atomic E-state index is 5.30. The summed E-state index contributed by atoms with van der Waals surface area (Å²) in [5.41, 5.74) is 3.88. The molecule has 0 spiro atoms. The van der Waals surface area contributed by atoms with Crippen molar-refractivity contribution in [3.63, 3.8) is 0 Å². The molecule has 0 bridgehead atoms. The molecule has 2 rings (SSSR count). The molecule has 0 unspecified atom stereocenters. The smallest absolute Gasteiger partial charge is 0.135 e. The Balaban J connectivity index is 2.03. The van der Waals surface area contributed by atoms with Crippen molar-refractivity contribution in [1.82, 2.24) is 0 Å². The Kier molecular flexibility index (Phi) is 4.94. The predicted molar refractivity (Wildman–Crippen MR) is 93.2 cm³/mol. The molecule has 21 heavy (non-hydrogen) atoms. The van der Waals surface area contributed by atoms with E-state index in [2.05, 4.69) is 66.3 Å². The lowest BCUT2D eigenvalue weighted by Gasteiger charge is -2.19. The lowest BCUT2D eigenvalue weighted by Crippen LogP contribution is -2.11. The third-order valence-electron chi connectivity index (χ3n) is 3.47. The average Bonchev–Trinajstić information content (AvgIpc) is 2.46. The van der Waals surface area contributed by atoms with E-state index in [-0.39, 0.29) is 5.41 Å². The summed E-state index contributed by atoms with van der Waals surface area (Å²) in [4.78, 5) is 0. The molecule has 1 N–H and O–H groups in total. The molecule has 3 heteroatoms. The number of nitrogens with one attached hydrogen (secondary N) is 1. The van der Waals surface area contributed by atoms with E-state index in [1.54, 1.807) is 7.11 Å². The van der Waals surface area contributed by atoms with Crippen LogP contribution in [-0.4, -0.2) is 7.11 Å². The van der Waals surface area contributed by atoms with E-state index in [0.717, 1.165) is 22.5 Å². The number of benzene rings is 2. The van der Waals surface area contributed by atoms with Crippen LogP contribution in [0.5, 0.6) is 5.75 Å². The van der Waals surface area contributed by atoms with E-state index in [1.165, 1.54) is 11.1 Å². The van der Waals surface area contributed by atoms with Crippen molar-refractivity contribution in [3.8, 4) is 5.75 Å².